The summed E-state index contributed by atoms with van der Waals surface area (Å²) in [7, 11) is -4.11. The molecule has 0 heterocycles. The summed E-state index contributed by atoms with van der Waals surface area (Å²) in [6, 6.07) is 19.3. The first-order valence-corrected chi connectivity index (χ1v) is 16.0. The molecule has 3 aromatic rings. The number of aryl methyl sites for hydroxylation is 1. The molecule has 3 aromatic carbocycles. The Balaban J connectivity index is 1.73. The summed E-state index contributed by atoms with van der Waals surface area (Å²) in [6.45, 7) is 3.20. The highest BCUT2D eigenvalue weighted by Crippen LogP contribution is 2.28. The molecule has 0 radical (unpaired) electrons. The van der Waals surface area contributed by atoms with Crippen molar-refractivity contribution in [1.29, 1.82) is 0 Å². The maximum absolute atomic E-state index is 14.2. The van der Waals surface area contributed by atoms with Gasteiger partial charge in [0, 0.05) is 12.6 Å². The standard InChI is InChI=1S/C31H35Cl2N3O4S/c1-3-28(31(38)34-24-12-8-9-13-24)35(20-23-17-18-26(32)27(33)19-23)30(37)21-36(29-16-10-7-11-22(29)2)41(39,40)25-14-5-4-6-15-25/h4-7,10-11,14-19,24,28H,3,8-9,12-13,20-21H2,1-2H3,(H,34,38). The number of hydrogen-bond acceptors (Lipinski definition) is 4. The average Bonchev–Trinajstić information content (AvgIpc) is 3.47. The van der Waals surface area contributed by atoms with Gasteiger partial charge in [-0.2, -0.15) is 0 Å². The number of carbonyl (C=O) groups is 2. The number of nitrogens with one attached hydrogen (secondary N) is 1. The maximum Gasteiger partial charge on any atom is 0.264 e. The van der Waals surface area contributed by atoms with Crippen LogP contribution in [0.1, 0.15) is 50.2 Å². The van der Waals surface area contributed by atoms with Gasteiger partial charge in [0.05, 0.1) is 20.6 Å². The molecule has 4 rings (SSSR count). The molecule has 1 N–H and O–H groups in total. The van der Waals surface area contributed by atoms with Gasteiger partial charge in [-0.1, -0.05) is 85.4 Å². The van der Waals surface area contributed by atoms with E-state index in [2.05, 4.69) is 5.32 Å². The van der Waals surface area contributed by atoms with E-state index in [4.69, 9.17) is 23.2 Å². The van der Waals surface area contributed by atoms with E-state index < -0.39 is 28.5 Å². The fourth-order valence-electron chi connectivity index (χ4n) is 5.20. The van der Waals surface area contributed by atoms with Crippen molar-refractivity contribution >= 4 is 50.7 Å². The number of hydrogen-bond donors (Lipinski definition) is 1. The molecule has 10 heteroatoms. The SMILES string of the molecule is CCC(C(=O)NC1CCCC1)N(Cc1ccc(Cl)c(Cl)c1)C(=O)CN(c1ccccc1C)S(=O)(=O)c1ccccc1. The summed E-state index contributed by atoms with van der Waals surface area (Å²) in [6.07, 6.45) is 4.26. The Labute approximate surface area is 252 Å². The molecule has 1 unspecified atom stereocenters. The van der Waals surface area contributed by atoms with Crippen molar-refractivity contribution in [3.05, 3.63) is 94.0 Å². The van der Waals surface area contributed by atoms with E-state index in [1.165, 1.54) is 17.0 Å². The van der Waals surface area contributed by atoms with Crippen LogP contribution in [0.5, 0.6) is 0 Å². The van der Waals surface area contributed by atoms with Crippen LogP contribution in [0.2, 0.25) is 10.0 Å². The fraction of sp³-hybridized carbons (Fsp3) is 0.355. The first-order chi connectivity index (χ1) is 19.6. The molecule has 0 saturated heterocycles. The van der Waals surface area contributed by atoms with Crippen LogP contribution in [0.15, 0.2) is 77.7 Å². The van der Waals surface area contributed by atoms with Crippen molar-refractivity contribution in [2.24, 2.45) is 0 Å². The number of benzene rings is 3. The Bertz CT molecular complexity index is 1480. The number of para-hydroxylation sites is 1. The van der Waals surface area contributed by atoms with Gasteiger partial charge in [-0.15, -0.1) is 0 Å². The maximum atomic E-state index is 14.2. The molecule has 0 spiro atoms. The number of carbonyl (C=O) groups excluding carboxylic acids is 2. The van der Waals surface area contributed by atoms with Crippen molar-refractivity contribution in [3.63, 3.8) is 0 Å². The molecular weight excluding hydrogens is 581 g/mol. The molecule has 1 atom stereocenters. The van der Waals surface area contributed by atoms with Crippen LogP contribution in [-0.4, -0.2) is 43.8 Å². The summed E-state index contributed by atoms with van der Waals surface area (Å²) in [5.41, 5.74) is 1.76. The number of anilines is 1. The smallest absolute Gasteiger partial charge is 0.264 e. The lowest BCUT2D eigenvalue weighted by molar-refractivity contribution is -0.140. The Morgan fingerprint density at radius 3 is 2.24 bits per heavy atom. The van der Waals surface area contributed by atoms with Crippen LogP contribution in [0.3, 0.4) is 0 Å². The first kappa shape index (κ1) is 30.9. The van der Waals surface area contributed by atoms with Gasteiger partial charge >= 0.3 is 0 Å². The molecule has 218 valence electrons. The van der Waals surface area contributed by atoms with Gasteiger partial charge in [0.25, 0.3) is 10.0 Å². The Morgan fingerprint density at radius 1 is 0.951 bits per heavy atom. The van der Waals surface area contributed by atoms with Crippen molar-refractivity contribution < 1.29 is 18.0 Å². The van der Waals surface area contributed by atoms with Gasteiger partial charge in [0.15, 0.2) is 0 Å². The third kappa shape index (κ3) is 7.42. The number of rotatable bonds is 11. The lowest BCUT2D eigenvalue weighted by Gasteiger charge is -2.34. The second-order valence-corrected chi connectivity index (χ2v) is 13.0. The van der Waals surface area contributed by atoms with Crippen LogP contribution in [0.4, 0.5) is 5.69 Å². The first-order valence-electron chi connectivity index (χ1n) is 13.8. The normalized spacial score (nSPS) is 14.4. The number of sulfonamides is 1. The summed E-state index contributed by atoms with van der Waals surface area (Å²) >= 11 is 12.4. The molecule has 1 aliphatic rings. The third-order valence-corrected chi connectivity index (χ3v) is 9.93. The number of halogens is 2. The van der Waals surface area contributed by atoms with E-state index in [1.807, 2.05) is 13.0 Å². The molecule has 0 aliphatic heterocycles. The number of amides is 2. The van der Waals surface area contributed by atoms with Gasteiger partial charge in [-0.3, -0.25) is 13.9 Å². The quantitative estimate of drug-likeness (QED) is 0.272. The summed E-state index contributed by atoms with van der Waals surface area (Å²) in [4.78, 5) is 29.2. The van der Waals surface area contributed by atoms with E-state index in [0.29, 0.717) is 33.3 Å². The minimum atomic E-state index is -4.11. The van der Waals surface area contributed by atoms with Crippen molar-refractivity contribution in [3.8, 4) is 0 Å². The monoisotopic (exact) mass is 615 g/mol. The van der Waals surface area contributed by atoms with Gasteiger partial charge in [0.2, 0.25) is 11.8 Å². The summed E-state index contributed by atoms with van der Waals surface area (Å²) < 4.78 is 29.0. The van der Waals surface area contributed by atoms with Crippen LogP contribution in [0, 0.1) is 6.92 Å². The van der Waals surface area contributed by atoms with Gasteiger partial charge < -0.3 is 10.2 Å². The molecule has 0 aromatic heterocycles. The molecule has 1 saturated carbocycles. The molecule has 41 heavy (non-hydrogen) atoms. The molecule has 1 fully saturated rings. The van der Waals surface area contributed by atoms with Crippen LogP contribution < -0.4 is 9.62 Å². The Kier molecular flexibility index (Phi) is 10.3. The lowest BCUT2D eigenvalue weighted by atomic mass is 10.1. The van der Waals surface area contributed by atoms with Gasteiger partial charge in [0.1, 0.15) is 12.6 Å². The second-order valence-electron chi connectivity index (χ2n) is 10.3. The largest absolute Gasteiger partial charge is 0.352 e. The molecule has 2 amide bonds. The highest BCUT2D eigenvalue weighted by atomic mass is 35.5. The fourth-order valence-corrected chi connectivity index (χ4v) is 7.02. The molecule has 0 bridgehead atoms. The third-order valence-electron chi connectivity index (χ3n) is 7.42. The Hall–Kier alpha value is -3.07. The van der Waals surface area contributed by atoms with Crippen LogP contribution in [0.25, 0.3) is 0 Å². The molecule has 7 nitrogen and oxygen atoms in total. The average molecular weight is 617 g/mol. The predicted octanol–water partition coefficient (Wildman–Crippen LogP) is 6.36. The van der Waals surface area contributed by atoms with Crippen molar-refractivity contribution in [2.75, 3.05) is 10.8 Å². The van der Waals surface area contributed by atoms with Crippen LogP contribution in [-0.2, 0) is 26.2 Å². The zero-order chi connectivity index (χ0) is 29.6. The van der Waals surface area contributed by atoms with Gasteiger partial charge in [-0.25, -0.2) is 8.42 Å². The van der Waals surface area contributed by atoms with E-state index >= 15 is 0 Å². The zero-order valence-electron chi connectivity index (χ0n) is 23.2. The van der Waals surface area contributed by atoms with Crippen LogP contribution >= 0.6 is 23.2 Å². The molecule has 1 aliphatic carbocycles. The van der Waals surface area contributed by atoms with E-state index in [1.54, 1.807) is 61.5 Å². The summed E-state index contributed by atoms with van der Waals surface area (Å²) in [5.74, 6) is -0.756. The van der Waals surface area contributed by atoms with Crippen molar-refractivity contribution in [1.82, 2.24) is 10.2 Å². The molecular formula is C31H35Cl2N3O4S. The van der Waals surface area contributed by atoms with Crippen molar-refractivity contribution in [2.45, 2.75) is 69.5 Å². The summed E-state index contributed by atoms with van der Waals surface area (Å²) in [5, 5.41) is 3.81. The zero-order valence-corrected chi connectivity index (χ0v) is 25.6. The Morgan fingerprint density at radius 2 is 1.61 bits per heavy atom. The minimum Gasteiger partial charge on any atom is -0.352 e. The number of nitrogens with zero attached hydrogens (tertiary/aromatic N) is 2. The van der Waals surface area contributed by atoms with E-state index in [-0.39, 0.29) is 23.4 Å². The second kappa shape index (κ2) is 13.7. The van der Waals surface area contributed by atoms with E-state index in [9.17, 15) is 18.0 Å². The van der Waals surface area contributed by atoms with Gasteiger partial charge in [-0.05, 0) is 67.6 Å². The highest BCUT2D eigenvalue weighted by Gasteiger charge is 2.35. The predicted molar refractivity (Wildman–Crippen MR) is 164 cm³/mol. The van der Waals surface area contributed by atoms with E-state index in [0.717, 1.165) is 30.0 Å². The topological polar surface area (TPSA) is 86.8 Å². The highest BCUT2D eigenvalue weighted by molar-refractivity contribution is 7.92. The minimum absolute atomic E-state index is 0.0549. The lowest BCUT2D eigenvalue weighted by Crippen LogP contribution is -2.53.